The highest BCUT2D eigenvalue weighted by atomic mass is 79.9. The van der Waals surface area contributed by atoms with Gasteiger partial charge in [0.05, 0.1) is 6.04 Å². The van der Waals surface area contributed by atoms with Gasteiger partial charge in [-0.05, 0) is 31.8 Å². The van der Waals surface area contributed by atoms with Gasteiger partial charge in [-0.3, -0.25) is 0 Å². The van der Waals surface area contributed by atoms with E-state index in [0.717, 1.165) is 10.0 Å². The molecule has 0 aromatic heterocycles. The number of nitrogens with zero attached hydrogens (tertiary/aromatic N) is 1. The minimum atomic E-state index is -1.00. The van der Waals surface area contributed by atoms with Crippen molar-refractivity contribution in [3.05, 3.63) is 34.3 Å². The van der Waals surface area contributed by atoms with Crippen molar-refractivity contribution in [3.63, 3.8) is 0 Å². The fourth-order valence-electron chi connectivity index (χ4n) is 1.44. The molecule has 5 heteroatoms. The number of halogens is 1. The van der Waals surface area contributed by atoms with Crippen LogP contribution < -0.4 is 5.32 Å². The average Bonchev–Trinajstić information content (AvgIpc) is 2.16. The lowest BCUT2D eigenvalue weighted by Gasteiger charge is -2.21. The number of amides is 1. The van der Waals surface area contributed by atoms with Crippen molar-refractivity contribution in [3.8, 4) is 0 Å². The molecule has 0 saturated carbocycles. The van der Waals surface area contributed by atoms with Gasteiger partial charge in [0, 0.05) is 11.0 Å². The number of nitrogens with one attached hydrogen (secondary N) is 1. The molecule has 0 saturated heterocycles. The molecule has 88 valence electrons. The summed E-state index contributed by atoms with van der Waals surface area (Å²) in [5.74, 6) is 0. The number of benzene rings is 1. The Morgan fingerprint density at radius 3 is 2.44 bits per heavy atom. The molecule has 1 amide bonds. The van der Waals surface area contributed by atoms with Crippen LogP contribution in [0.4, 0.5) is 4.79 Å². The largest absolute Gasteiger partial charge is 0.465 e. The summed E-state index contributed by atoms with van der Waals surface area (Å²) in [7, 11) is 3.82. The molecule has 0 aliphatic rings. The van der Waals surface area contributed by atoms with Gasteiger partial charge in [-0.15, -0.1) is 0 Å². The van der Waals surface area contributed by atoms with Crippen molar-refractivity contribution in [2.24, 2.45) is 0 Å². The first-order chi connectivity index (χ1) is 7.49. The Morgan fingerprint density at radius 1 is 1.44 bits per heavy atom. The van der Waals surface area contributed by atoms with Crippen molar-refractivity contribution in [1.29, 1.82) is 0 Å². The highest BCUT2D eigenvalue weighted by molar-refractivity contribution is 9.10. The molecule has 1 aromatic rings. The van der Waals surface area contributed by atoms with Crippen molar-refractivity contribution in [1.82, 2.24) is 10.2 Å². The van der Waals surface area contributed by atoms with E-state index in [9.17, 15) is 4.79 Å². The van der Waals surface area contributed by atoms with Gasteiger partial charge in [-0.1, -0.05) is 28.1 Å². The first kappa shape index (κ1) is 13.0. The number of carboxylic acid groups (broad SMARTS) is 1. The maximum absolute atomic E-state index is 10.7. The lowest BCUT2D eigenvalue weighted by Crippen LogP contribution is -2.34. The maximum Gasteiger partial charge on any atom is 0.405 e. The van der Waals surface area contributed by atoms with Crippen molar-refractivity contribution in [2.75, 3.05) is 20.6 Å². The molecule has 0 spiro atoms. The molecule has 0 bridgehead atoms. The fourth-order valence-corrected chi connectivity index (χ4v) is 1.71. The lowest BCUT2D eigenvalue weighted by molar-refractivity contribution is 0.186. The van der Waals surface area contributed by atoms with Crippen LogP contribution in [0.5, 0.6) is 0 Å². The third-order valence-corrected chi connectivity index (χ3v) is 2.65. The highest BCUT2D eigenvalue weighted by Gasteiger charge is 2.14. The van der Waals surface area contributed by atoms with Crippen LogP contribution in [0, 0.1) is 0 Å². The Labute approximate surface area is 103 Å². The molecule has 0 fully saturated rings. The van der Waals surface area contributed by atoms with Gasteiger partial charge in [-0.25, -0.2) is 4.79 Å². The molecule has 1 atom stereocenters. The van der Waals surface area contributed by atoms with Crippen molar-refractivity contribution in [2.45, 2.75) is 6.04 Å². The Balaban J connectivity index is 2.82. The minimum absolute atomic E-state index is 0.208. The van der Waals surface area contributed by atoms with Gasteiger partial charge >= 0.3 is 6.09 Å². The summed E-state index contributed by atoms with van der Waals surface area (Å²) in [6.45, 7) is 0.633. The zero-order valence-electron chi connectivity index (χ0n) is 9.27. The molecule has 0 aliphatic heterocycles. The molecule has 1 rings (SSSR count). The van der Waals surface area contributed by atoms with Gasteiger partial charge < -0.3 is 15.3 Å². The third kappa shape index (κ3) is 4.20. The van der Waals surface area contributed by atoms with Crippen LogP contribution in [0.2, 0.25) is 0 Å². The molecule has 0 aliphatic carbocycles. The topological polar surface area (TPSA) is 52.6 Å². The highest BCUT2D eigenvalue weighted by Crippen LogP contribution is 2.17. The molecule has 2 N–H and O–H groups in total. The number of hydrogen-bond acceptors (Lipinski definition) is 2. The summed E-state index contributed by atoms with van der Waals surface area (Å²) in [4.78, 5) is 12.6. The molecule has 16 heavy (non-hydrogen) atoms. The van der Waals surface area contributed by atoms with Crippen LogP contribution in [-0.4, -0.2) is 36.7 Å². The van der Waals surface area contributed by atoms with E-state index >= 15 is 0 Å². The first-order valence-corrected chi connectivity index (χ1v) is 5.68. The van der Waals surface area contributed by atoms with E-state index < -0.39 is 6.09 Å². The predicted octanol–water partition coefficient (Wildman–Crippen LogP) is 2.32. The average molecular weight is 287 g/mol. The van der Waals surface area contributed by atoms with Gasteiger partial charge in [0.2, 0.25) is 0 Å². The predicted molar refractivity (Wildman–Crippen MR) is 66.6 cm³/mol. The van der Waals surface area contributed by atoms with Gasteiger partial charge in [0.1, 0.15) is 0 Å². The van der Waals surface area contributed by atoms with Crippen LogP contribution in [0.25, 0.3) is 0 Å². The first-order valence-electron chi connectivity index (χ1n) is 4.88. The second kappa shape index (κ2) is 5.86. The molecule has 0 heterocycles. The van der Waals surface area contributed by atoms with E-state index in [-0.39, 0.29) is 6.04 Å². The van der Waals surface area contributed by atoms with E-state index in [2.05, 4.69) is 21.2 Å². The van der Waals surface area contributed by atoms with Gasteiger partial charge in [0.15, 0.2) is 0 Å². The molecule has 4 nitrogen and oxygen atoms in total. The van der Waals surface area contributed by atoms with Crippen LogP contribution in [-0.2, 0) is 0 Å². The Bertz CT molecular complexity index is 352. The summed E-state index contributed by atoms with van der Waals surface area (Å²) < 4.78 is 0.982. The summed E-state index contributed by atoms with van der Waals surface area (Å²) >= 11 is 3.35. The van der Waals surface area contributed by atoms with E-state index in [1.54, 1.807) is 0 Å². The SMILES string of the molecule is CN(C)C[C@H](NC(=O)O)c1ccc(Br)cc1. The van der Waals surface area contributed by atoms with E-state index in [4.69, 9.17) is 5.11 Å². The Hall–Kier alpha value is -1.07. The number of hydrogen-bond donors (Lipinski definition) is 2. The summed E-state index contributed by atoms with van der Waals surface area (Å²) in [6.07, 6.45) is -1.00. The second-order valence-corrected chi connectivity index (χ2v) is 4.73. The molecular weight excluding hydrogens is 272 g/mol. The van der Waals surface area contributed by atoms with Crippen LogP contribution in [0.1, 0.15) is 11.6 Å². The zero-order chi connectivity index (χ0) is 12.1. The number of rotatable bonds is 4. The van der Waals surface area contributed by atoms with E-state index in [1.807, 2.05) is 43.3 Å². The summed E-state index contributed by atoms with van der Waals surface area (Å²) in [6, 6.07) is 7.42. The summed E-state index contributed by atoms with van der Waals surface area (Å²) in [5, 5.41) is 11.3. The molecule has 0 unspecified atom stereocenters. The van der Waals surface area contributed by atoms with Gasteiger partial charge in [0.25, 0.3) is 0 Å². The normalized spacial score (nSPS) is 12.5. The monoisotopic (exact) mass is 286 g/mol. The van der Waals surface area contributed by atoms with Crippen molar-refractivity contribution >= 4 is 22.0 Å². The maximum atomic E-state index is 10.7. The van der Waals surface area contributed by atoms with Crippen LogP contribution in [0.3, 0.4) is 0 Å². The molecule has 1 aromatic carbocycles. The lowest BCUT2D eigenvalue weighted by atomic mass is 10.1. The smallest absolute Gasteiger partial charge is 0.405 e. The van der Waals surface area contributed by atoms with Crippen molar-refractivity contribution < 1.29 is 9.90 Å². The van der Waals surface area contributed by atoms with Crippen LogP contribution in [0.15, 0.2) is 28.7 Å². The van der Waals surface area contributed by atoms with E-state index in [0.29, 0.717) is 6.54 Å². The number of likely N-dealkylation sites (N-methyl/N-ethyl adjacent to an activating group) is 1. The summed E-state index contributed by atoms with van der Waals surface area (Å²) in [5.41, 5.74) is 0.958. The minimum Gasteiger partial charge on any atom is -0.465 e. The Morgan fingerprint density at radius 2 is 2.00 bits per heavy atom. The van der Waals surface area contributed by atoms with E-state index in [1.165, 1.54) is 0 Å². The molecule has 0 radical (unpaired) electrons. The second-order valence-electron chi connectivity index (χ2n) is 3.82. The zero-order valence-corrected chi connectivity index (χ0v) is 10.9. The number of carbonyl (C=O) groups is 1. The third-order valence-electron chi connectivity index (χ3n) is 2.12. The Kier molecular flexibility index (Phi) is 4.76. The van der Waals surface area contributed by atoms with Gasteiger partial charge in [-0.2, -0.15) is 0 Å². The quantitative estimate of drug-likeness (QED) is 0.893. The van der Waals surface area contributed by atoms with Crippen LogP contribution >= 0.6 is 15.9 Å². The molecular formula is C11H15BrN2O2. The fraction of sp³-hybridized carbons (Fsp3) is 0.364. The standard InChI is InChI=1S/C11H15BrN2O2/c1-14(2)7-10(13-11(15)16)8-3-5-9(12)6-4-8/h3-6,10,13H,7H2,1-2H3,(H,15,16)/t10-/m0/s1.